The molecule has 0 fully saturated rings. The van der Waals surface area contributed by atoms with E-state index in [-0.39, 0.29) is 24.8 Å². The number of fused-ring (bicyclic) bond motifs is 1. The van der Waals surface area contributed by atoms with Gasteiger partial charge in [-0.1, -0.05) is 111 Å². The van der Waals surface area contributed by atoms with Gasteiger partial charge in [-0.25, -0.2) is 8.42 Å². The highest BCUT2D eigenvalue weighted by atomic mass is 32.2. The van der Waals surface area contributed by atoms with E-state index in [0.717, 1.165) is 32.5 Å². The molecule has 0 saturated carbocycles. The molecule has 4 rings (SSSR count). The monoisotopic (exact) mass is 571 g/mol. The zero-order chi connectivity index (χ0) is 29.4. The lowest BCUT2D eigenvalue weighted by Gasteiger charge is -2.34. The van der Waals surface area contributed by atoms with Crippen LogP contribution in [0.25, 0.3) is 10.8 Å². The third kappa shape index (κ3) is 7.95. The summed E-state index contributed by atoms with van der Waals surface area (Å²) in [5, 5.41) is 4.58. The molecule has 0 aromatic heterocycles. The van der Waals surface area contributed by atoms with Crippen molar-refractivity contribution >= 4 is 38.3 Å². The van der Waals surface area contributed by atoms with Crippen molar-refractivity contribution in [1.29, 1.82) is 0 Å². The summed E-state index contributed by atoms with van der Waals surface area (Å²) in [5.74, 6) is -0.516. The third-order valence-electron chi connectivity index (χ3n) is 6.87. The first-order valence-corrected chi connectivity index (χ1v) is 15.6. The lowest BCUT2D eigenvalue weighted by molar-refractivity contribution is -0.140. The van der Waals surface area contributed by atoms with Gasteiger partial charge in [-0.15, -0.1) is 0 Å². The number of benzene rings is 4. The minimum absolute atomic E-state index is 0.152. The minimum Gasteiger partial charge on any atom is -0.354 e. The Morgan fingerprint density at radius 2 is 1.37 bits per heavy atom. The van der Waals surface area contributed by atoms with Crippen LogP contribution in [0.4, 0.5) is 5.69 Å². The Morgan fingerprint density at radius 1 is 0.780 bits per heavy atom. The van der Waals surface area contributed by atoms with E-state index in [4.69, 9.17) is 0 Å². The maximum atomic E-state index is 14.2. The molecule has 0 aliphatic rings. The Kier molecular flexibility index (Phi) is 9.78. The van der Waals surface area contributed by atoms with Crippen molar-refractivity contribution in [2.24, 2.45) is 5.92 Å². The molecule has 8 heteroatoms. The summed E-state index contributed by atoms with van der Waals surface area (Å²) in [6.07, 6.45) is 1.39. The number of nitrogens with one attached hydrogen (secondary N) is 1. The van der Waals surface area contributed by atoms with E-state index in [1.165, 1.54) is 4.90 Å². The van der Waals surface area contributed by atoms with E-state index in [0.29, 0.717) is 12.2 Å². The number of amides is 2. The molecule has 0 spiro atoms. The molecule has 0 bridgehead atoms. The van der Waals surface area contributed by atoms with E-state index in [9.17, 15) is 18.0 Å². The van der Waals surface area contributed by atoms with Crippen LogP contribution in [-0.2, 0) is 32.6 Å². The van der Waals surface area contributed by atoms with Crippen LogP contribution < -0.4 is 9.62 Å². The lowest BCUT2D eigenvalue weighted by Crippen LogP contribution is -2.53. The summed E-state index contributed by atoms with van der Waals surface area (Å²) in [6, 6.07) is 31.0. The highest BCUT2D eigenvalue weighted by molar-refractivity contribution is 7.92. The van der Waals surface area contributed by atoms with Crippen molar-refractivity contribution in [2.45, 2.75) is 32.9 Å². The molecule has 0 radical (unpaired) electrons. The van der Waals surface area contributed by atoms with Crippen molar-refractivity contribution < 1.29 is 18.0 Å². The fourth-order valence-corrected chi connectivity index (χ4v) is 5.64. The van der Waals surface area contributed by atoms with E-state index in [1.54, 1.807) is 12.1 Å². The highest BCUT2D eigenvalue weighted by Crippen LogP contribution is 2.29. The lowest BCUT2D eigenvalue weighted by atomic mass is 10.0. The second kappa shape index (κ2) is 13.5. The fourth-order valence-electron chi connectivity index (χ4n) is 4.78. The van der Waals surface area contributed by atoms with Crippen molar-refractivity contribution in [3.05, 3.63) is 114 Å². The first-order valence-electron chi connectivity index (χ1n) is 13.7. The van der Waals surface area contributed by atoms with Crippen LogP contribution in [0, 0.1) is 5.92 Å². The number of hydrogen-bond donors (Lipinski definition) is 1. The average molecular weight is 572 g/mol. The number of carbonyl (C=O) groups excluding carboxylic acids is 2. The average Bonchev–Trinajstić information content (AvgIpc) is 2.96. The van der Waals surface area contributed by atoms with E-state index < -0.39 is 28.5 Å². The Bertz CT molecular complexity index is 1570. The zero-order valence-electron chi connectivity index (χ0n) is 23.7. The van der Waals surface area contributed by atoms with E-state index in [1.807, 2.05) is 105 Å². The fraction of sp³-hybridized carbons (Fsp3) is 0.273. The number of hydrogen-bond acceptors (Lipinski definition) is 4. The van der Waals surface area contributed by atoms with Crippen LogP contribution in [0.3, 0.4) is 0 Å². The summed E-state index contributed by atoms with van der Waals surface area (Å²) < 4.78 is 27.4. The summed E-state index contributed by atoms with van der Waals surface area (Å²) in [6.45, 7) is 4.19. The molecule has 2 amide bonds. The maximum absolute atomic E-state index is 14.2. The predicted octanol–water partition coefficient (Wildman–Crippen LogP) is 5.02. The number of anilines is 1. The number of carbonyl (C=O) groups is 2. The standard InChI is InChI=1S/C33H37N3O4S/c1-25(2)22-34-33(38)31(21-26-13-6-4-7-14-26)35(23-27-15-8-5-9-16-27)32(37)24-36(41(3,39)40)30-20-12-18-28-17-10-11-19-29(28)30/h4-20,25,31H,21-24H2,1-3H3,(H,34,38). The topological polar surface area (TPSA) is 86.8 Å². The van der Waals surface area contributed by atoms with Gasteiger partial charge in [0.15, 0.2) is 0 Å². The van der Waals surface area contributed by atoms with Crippen molar-refractivity contribution in [3.8, 4) is 0 Å². The number of sulfonamides is 1. The van der Waals surface area contributed by atoms with Crippen LogP contribution in [-0.4, -0.2) is 50.5 Å². The first kappa shape index (κ1) is 29.8. The van der Waals surface area contributed by atoms with Gasteiger partial charge in [-0.2, -0.15) is 0 Å². The molecular formula is C33H37N3O4S. The maximum Gasteiger partial charge on any atom is 0.244 e. The molecule has 1 atom stereocenters. The van der Waals surface area contributed by atoms with Crippen LogP contribution in [0.2, 0.25) is 0 Å². The van der Waals surface area contributed by atoms with Gasteiger partial charge in [0.05, 0.1) is 11.9 Å². The molecule has 4 aromatic carbocycles. The first-order chi connectivity index (χ1) is 19.6. The summed E-state index contributed by atoms with van der Waals surface area (Å²) in [7, 11) is -3.85. The summed E-state index contributed by atoms with van der Waals surface area (Å²) in [4.78, 5) is 29.4. The van der Waals surface area contributed by atoms with Gasteiger partial charge in [0.2, 0.25) is 21.8 Å². The van der Waals surface area contributed by atoms with Crippen molar-refractivity contribution in [1.82, 2.24) is 10.2 Å². The molecular weight excluding hydrogens is 534 g/mol. The zero-order valence-corrected chi connectivity index (χ0v) is 24.6. The normalized spacial score (nSPS) is 12.2. The SMILES string of the molecule is CC(C)CNC(=O)C(Cc1ccccc1)N(Cc1ccccc1)C(=O)CN(c1cccc2ccccc12)S(C)(=O)=O. The van der Waals surface area contributed by atoms with E-state index in [2.05, 4.69) is 5.32 Å². The van der Waals surface area contributed by atoms with Crippen molar-refractivity contribution in [3.63, 3.8) is 0 Å². The molecule has 41 heavy (non-hydrogen) atoms. The van der Waals surface area contributed by atoms with E-state index >= 15 is 0 Å². The van der Waals surface area contributed by atoms with Crippen LogP contribution in [0.5, 0.6) is 0 Å². The second-order valence-corrected chi connectivity index (χ2v) is 12.5. The Hall–Kier alpha value is -4.17. The van der Waals surface area contributed by atoms with Gasteiger partial charge in [0.25, 0.3) is 0 Å². The molecule has 4 aromatic rings. The molecule has 0 heterocycles. The molecule has 0 aliphatic heterocycles. The minimum atomic E-state index is -3.85. The van der Waals surface area contributed by atoms with Gasteiger partial charge in [-0.3, -0.25) is 13.9 Å². The Morgan fingerprint density at radius 3 is 2.00 bits per heavy atom. The smallest absolute Gasteiger partial charge is 0.244 e. The van der Waals surface area contributed by atoms with Gasteiger partial charge >= 0.3 is 0 Å². The van der Waals surface area contributed by atoms with Crippen LogP contribution in [0.1, 0.15) is 25.0 Å². The predicted molar refractivity (Wildman–Crippen MR) is 165 cm³/mol. The molecule has 0 aliphatic carbocycles. The summed E-state index contributed by atoms with van der Waals surface area (Å²) in [5.41, 5.74) is 2.16. The number of nitrogens with zero attached hydrogens (tertiary/aromatic N) is 2. The number of rotatable bonds is 12. The van der Waals surface area contributed by atoms with Gasteiger partial charge in [-0.05, 0) is 28.5 Å². The van der Waals surface area contributed by atoms with Gasteiger partial charge < -0.3 is 10.2 Å². The highest BCUT2D eigenvalue weighted by Gasteiger charge is 2.33. The largest absolute Gasteiger partial charge is 0.354 e. The van der Waals surface area contributed by atoms with Crippen LogP contribution in [0.15, 0.2) is 103 Å². The molecule has 214 valence electrons. The Labute approximate surface area is 242 Å². The molecule has 1 unspecified atom stereocenters. The van der Waals surface area contributed by atoms with Gasteiger partial charge in [0, 0.05) is 24.9 Å². The molecule has 0 saturated heterocycles. The second-order valence-electron chi connectivity index (χ2n) is 10.6. The summed E-state index contributed by atoms with van der Waals surface area (Å²) >= 11 is 0. The van der Waals surface area contributed by atoms with Crippen molar-refractivity contribution in [2.75, 3.05) is 23.7 Å². The Balaban J connectivity index is 1.76. The van der Waals surface area contributed by atoms with Crippen LogP contribution >= 0.6 is 0 Å². The molecule has 7 nitrogen and oxygen atoms in total. The third-order valence-corrected chi connectivity index (χ3v) is 7.99. The van der Waals surface area contributed by atoms with Gasteiger partial charge in [0.1, 0.15) is 12.6 Å². The molecule has 1 N–H and O–H groups in total. The quantitative estimate of drug-likeness (QED) is 0.259.